The molecule has 0 bridgehead atoms. The molecule has 1 heterocycles. The molecular weight excluding hydrogens is 246 g/mol. The maximum Gasteiger partial charge on any atom is 2.00 e. The predicted octanol–water partition coefficient (Wildman–Crippen LogP) is 2.67. The topological polar surface area (TPSA) is 18.5 Å². The van der Waals surface area contributed by atoms with Crippen LogP contribution in [-0.4, -0.2) is 27.1 Å². The Balaban J connectivity index is 0. The summed E-state index contributed by atoms with van der Waals surface area (Å²) in [5.74, 6) is -0.375. The number of rotatable bonds is 1. The zero-order chi connectivity index (χ0) is 10.5. The zero-order valence-corrected chi connectivity index (χ0v) is 14.0. The molecule has 1 fully saturated rings. The molecule has 0 aromatic heterocycles. The van der Waals surface area contributed by atoms with E-state index in [0.29, 0.717) is 19.6 Å². The number of ether oxygens (including phenoxy) is 2. The summed E-state index contributed by atoms with van der Waals surface area (Å²) in [4.78, 5) is 0. The molecule has 0 unspecified atom stereocenters. The van der Waals surface area contributed by atoms with Crippen LogP contribution < -0.4 is 0 Å². The van der Waals surface area contributed by atoms with Crippen LogP contribution in [0, 0.1) is 13.5 Å². The van der Waals surface area contributed by atoms with Gasteiger partial charge in [0.1, 0.15) is 5.79 Å². The molecule has 2 nitrogen and oxygen atoms in total. The van der Waals surface area contributed by atoms with E-state index >= 15 is 0 Å². The normalized spacial score (nSPS) is 19.3. The van der Waals surface area contributed by atoms with Crippen molar-refractivity contribution in [1.29, 1.82) is 0 Å². The van der Waals surface area contributed by atoms with Crippen LogP contribution in [-0.2, 0) is 29.0 Å². The standard InChI is InChI=1S/C6H11O2.C4H11Si.Zn/c1-3-6(2)7-4-5-8-6;1-5(2,3)4;/h1,3-5H2,2H3;1H2,2-4H3;/q2*-1;+2. The fraction of sp³-hybridized carbons (Fsp3) is 0.800. The quantitative estimate of drug-likeness (QED) is 0.537. The Morgan fingerprint density at radius 3 is 1.64 bits per heavy atom. The third-order valence-electron chi connectivity index (χ3n) is 1.35. The molecule has 0 atom stereocenters. The molecule has 0 spiro atoms. The maximum atomic E-state index is 5.20. The second-order valence-corrected chi connectivity index (χ2v) is 9.76. The average molecular weight is 268 g/mol. The van der Waals surface area contributed by atoms with Crippen LogP contribution in [0.2, 0.25) is 19.6 Å². The summed E-state index contributed by atoms with van der Waals surface area (Å²) in [5, 5.41) is 0. The molecule has 1 rings (SSSR count). The summed E-state index contributed by atoms with van der Waals surface area (Å²) in [5.41, 5.74) is 0. The minimum absolute atomic E-state index is 0. The van der Waals surface area contributed by atoms with Gasteiger partial charge in [-0.3, -0.25) is 0 Å². The van der Waals surface area contributed by atoms with Crippen molar-refractivity contribution in [3.05, 3.63) is 13.5 Å². The van der Waals surface area contributed by atoms with Crippen molar-refractivity contribution in [2.24, 2.45) is 0 Å². The van der Waals surface area contributed by atoms with Crippen molar-refractivity contribution in [3.63, 3.8) is 0 Å². The van der Waals surface area contributed by atoms with Crippen molar-refractivity contribution < 1.29 is 29.0 Å². The summed E-state index contributed by atoms with van der Waals surface area (Å²) >= 11 is 0. The van der Waals surface area contributed by atoms with E-state index in [2.05, 4.69) is 33.1 Å². The second kappa shape index (κ2) is 7.10. The first kappa shape index (κ1) is 17.2. The Morgan fingerprint density at radius 1 is 1.21 bits per heavy atom. The summed E-state index contributed by atoms with van der Waals surface area (Å²) in [6.07, 6.45) is 0.688. The fourth-order valence-electron chi connectivity index (χ4n) is 0.701. The Kier molecular flexibility index (Phi) is 8.71. The Hall–Kier alpha value is 0.760. The number of hydrogen-bond acceptors (Lipinski definition) is 2. The first-order valence-electron chi connectivity index (χ1n) is 4.69. The fourth-order valence-corrected chi connectivity index (χ4v) is 0.701. The van der Waals surface area contributed by atoms with Crippen LogP contribution in [0.4, 0.5) is 0 Å². The van der Waals surface area contributed by atoms with Gasteiger partial charge < -0.3 is 22.9 Å². The van der Waals surface area contributed by atoms with Crippen molar-refractivity contribution in [2.75, 3.05) is 13.2 Å². The van der Waals surface area contributed by atoms with Crippen molar-refractivity contribution in [1.82, 2.24) is 0 Å². The van der Waals surface area contributed by atoms with E-state index < -0.39 is 8.07 Å². The van der Waals surface area contributed by atoms with Gasteiger partial charge in [0.25, 0.3) is 0 Å². The van der Waals surface area contributed by atoms with Gasteiger partial charge in [0, 0.05) is 0 Å². The van der Waals surface area contributed by atoms with E-state index in [0.717, 1.165) is 0 Å². The molecule has 0 saturated carbocycles. The Morgan fingerprint density at radius 2 is 1.50 bits per heavy atom. The minimum atomic E-state index is -0.861. The van der Waals surface area contributed by atoms with Crippen LogP contribution in [0.5, 0.6) is 0 Å². The molecule has 0 aromatic rings. The van der Waals surface area contributed by atoms with Gasteiger partial charge in [0.05, 0.1) is 13.2 Å². The van der Waals surface area contributed by atoms with Gasteiger partial charge >= 0.3 is 19.5 Å². The van der Waals surface area contributed by atoms with Crippen LogP contribution in [0.1, 0.15) is 13.3 Å². The van der Waals surface area contributed by atoms with Gasteiger partial charge in [0.15, 0.2) is 0 Å². The molecule has 1 aliphatic rings. The number of hydrogen-bond donors (Lipinski definition) is 0. The van der Waals surface area contributed by atoms with E-state index in [4.69, 9.17) is 9.47 Å². The van der Waals surface area contributed by atoms with Gasteiger partial charge in [-0.1, -0.05) is 19.6 Å². The molecular formula is C10H22O2SiZn. The molecule has 14 heavy (non-hydrogen) atoms. The molecule has 0 amide bonds. The van der Waals surface area contributed by atoms with Gasteiger partial charge in [-0.05, 0) is 6.92 Å². The molecule has 4 heteroatoms. The van der Waals surface area contributed by atoms with Crippen LogP contribution in [0.3, 0.4) is 0 Å². The average Bonchev–Trinajstić information content (AvgIpc) is 2.34. The molecule has 0 radical (unpaired) electrons. The third-order valence-corrected chi connectivity index (χ3v) is 1.35. The van der Waals surface area contributed by atoms with Crippen LogP contribution in [0.25, 0.3) is 0 Å². The summed E-state index contributed by atoms with van der Waals surface area (Å²) in [7, 11) is -0.861. The van der Waals surface area contributed by atoms with E-state index in [-0.39, 0.29) is 25.3 Å². The van der Waals surface area contributed by atoms with Crippen molar-refractivity contribution in [3.8, 4) is 0 Å². The van der Waals surface area contributed by atoms with Crippen LogP contribution >= 0.6 is 0 Å². The molecule has 1 saturated heterocycles. The molecule has 1 aliphatic heterocycles. The summed E-state index contributed by atoms with van der Waals surface area (Å²) < 4.78 is 10.4. The van der Waals surface area contributed by atoms with Gasteiger partial charge in [0.2, 0.25) is 0 Å². The van der Waals surface area contributed by atoms with E-state index in [1.54, 1.807) is 0 Å². The van der Waals surface area contributed by atoms with E-state index in [1.807, 2.05) is 6.92 Å². The van der Waals surface area contributed by atoms with E-state index in [1.165, 1.54) is 0 Å². The molecule has 0 N–H and O–H groups in total. The van der Waals surface area contributed by atoms with Gasteiger partial charge in [-0.15, -0.1) is 14.5 Å². The zero-order valence-electron chi connectivity index (χ0n) is 10.1. The Labute approximate surface area is 103 Å². The van der Waals surface area contributed by atoms with Crippen molar-refractivity contribution >= 4 is 8.07 Å². The largest absolute Gasteiger partial charge is 2.00 e. The predicted molar refractivity (Wildman–Crippen MR) is 59.0 cm³/mol. The first-order valence-corrected chi connectivity index (χ1v) is 8.40. The van der Waals surface area contributed by atoms with Crippen LogP contribution in [0.15, 0.2) is 0 Å². The van der Waals surface area contributed by atoms with Crippen molar-refractivity contribution in [2.45, 2.75) is 38.8 Å². The third kappa shape index (κ3) is 10.8. The first-order chi connectivity index (χ1) is 5.77. The smallest absolute Gasteiger partial charge is 0.351 e. The SMILES string of the molecule is [CH2-]CC1(C)OCCO1.[CH2-][Si](C)(C)C.[Zn+2]. The summed E-state index contributed by atoms with van der Waals surface area (Å²) in [6.45, 7) is 17.6. The Bertz CT molecular complexity index is 134. The minimum Gasteiger partial charge on any atom is -0.351 e. The molecule has 0 aromatic carbocycles. The second-order valence-electron chi connectivity index (χ2n) is 4.64. The maximum absolute atomic E-state index is 5.20. The van der Waals surface area contributed by atoms with Gasteiger partial charge in [-0.2, -0.15) is 0 Å². The molecule has 80 valence electrons. The van der Waals surface area contributed by atoms with Gasteiger partial charge in [-0.25, -0.2) is 0 Å². The molecule has 0 aliphatic carbocycles. The summed E-state index contributed by atoms with van der Waals surface area (Å²) in [6, 6.07) is 0. The monoisotopic (exact) mass is 266 g/mol. The van der Waals surface area contributed by atoms with E-state index in [9.17, 15) is 0 Å².